The molecule has 0 radical (unpaired) electrons. The Kier molecular flexibility index (Phi) is 3.09. The molecule has 0 unspecified atom stereocenters. The number of nitrogens with one attached hydrogen (secondary N) is 1. The summed E-state index contributed by atoms with van der Waals surface area (Å²) in [5, 5.41) is 2.96. The van der Waals surface area contributed by atoms with Crippen molar-refractivity contribution in [2.24, 2.45) is 0 Å². The Bertz CT molecular complexity index is 315. The lowest BCUT2D eigenvalue weighted by Gasteiger charge is -2.18. The molecule has 1 nitrogen and oxygen atoms in total. The van der Waals surface area contributed by atoms with E-state index in [0.29, 0.717) is 17.7 Å². The predicted octanol–water partition coefficient (Wildman–Crippen LogP) is 2.74. The number of anilines is 1. The first kappa shape index (κ1) is 10.3. The zero-order valence-electron chi connectivity index (χ0n) is 6.94. The van der Waals surface area contributed by atoms with E-state index < -0.39 is 11.6 Å². The van der Waals surface area contributed by atoms with Crippen LogP contribution in [-0.2, 0) is 6.42 Å². The average molecular weight is 206 g/mol. The Morgan fingerprint density at radius 1 is 1.23 bits per heavy atom. The van der Waals surface area contributed by atoms with Gasteiger partial charge in [0.15, 0.2) is 0 Å². The summed E-state index contributed by atoms with van der Waals surface area (Å²) < 4.78 is 25.7. The van der Waals surface area contributed by atoms with Crippen molar-refractivity contribution in [1.29, 1.82) is 0 Å². The molecule has 1 aromatic carbocycles. The topological polar surface area (TPSA) is 12.0 Å². The lowest BCUT2D eigenvalue weighted by molar-refractivity contribution is 0.567. The molecule has 2 rings (SSSR count). The fourth-order valence-electron chi connectivity index (χ4n) is 1.50. The monoisotopic (exact) mass is 205 g/mol. The molecular formula is C9H10ClF2N. The van der Waals surface area contributed by atoms with Gasteiger partial charge in [0, 0.05) is 23.9 Å². The van der Waals surface area contributed by atoms with E-state index in [0.717, 1.165) is 19.0 Å². The van der Waals surface area contributed by atoms with E-state index in [2.05, 4.69) is 5.32 Å². The second kappa shape index (κ2) is 3.92. The van der Waals surface area contributed by atoms with Crippen LogP contribution in [0.2, 0.25) is 0 Å². The Morgan fingerprint density at radius 3 is 2.77 bits per heavy atom. The van der Waals surface area contributed by atoms with Crippen molar-refractivity contribution in [2.45, 2.75) is 12.8 Å². The lowest BCUT2D eigenvalue weighted by atomic mass is 10.0. The number of fused-ring (bicyclic) bond motifs is 1. The fourth-order valence-corrected chi connectivity index (χ4v) is 1.50. The molecule has 0 aliphatic carbocycles. The Labute approximate surface area is 81.6 Å². The summed E-state index contributed by atoms with van der Waals surface area (Å²) in [6.45, 7) is 0.801. The maximum atomic E-state index is 13.1. The summed E-state index contributed by atoms with van der Waals surface area (Å²) in [5.41, 5.74) is 1.22. The summed E-state index contributed by atoms with van der Waals surface area (Å²) in [7, 11) is 0. The molecule has 1 aliphatic heterocycles. The molecule has 1 N–H and O–H groups in total. The molecule has 0 amide bonds. The number of benzene rings is 1. The summed E-state index contributed by atoms with van der Waals surface area (Å²) in [4.78, 5) is 0. The molecule has 1 aromatic rings. The van der Waals surface area contributed by atoms with Gasteiger partial charge < -0.3 is 5.32 Å². The van der Waals surface area contributed by atoms with Gasteiger partial charge in [-0.2, -0.15) is 0 Å². The second-order valence-electron chi connectivity index (χ2n) is 2.94. The van der Waals surface area contributed by atoms with Crippen LogP contribution in [0.5, 0.6) is 0 Å². The van der Waals surface area contributed by atoms with Gasteiger partial charge in [-0.05, 0) is 18.9 Å². The summed E-state index contributed by atoms with van der Waals surface area (Å²) in [6, 6.07) is 2.28. The van der Waals surface area contributed by atoms with E-state index in [1.54, 1.807) is 0 Å². The van der Waals surface area contributed by atoms with Crippen LogP contribution in [0.1, 0.15) is 12.0 Å². The van der Waals surface area contributed by atoms with E-state index in [-0.39, 0.29) is 12.4 Å². The molecule has 0 atom stereocenters. The second-order valence-corrected chi connectivity index (χ2v) is 2.94. The predicted molar refractivity (Wildman–Crippen MR) is 50.4 cm³/mol. The van der Waals surface area contributed by atoms with Crippen LogP contribution in [0, 0.1) is 11.6 Å². The largest absolute Gasteiger partial charge is 0.385 e. The molecular weight excluding hydrogens is 196 g/mol. The van der Waals surface area contributed by atoms with E-state index in [1.165, 1.54) is 6.07 Å². The van der Waals surface area contributed by atoms with Crippen LogP contribution in [0.3, 0.4) is 0 Å². The van der Waals surface area contributed by atoms with Gasteiger partial charge in [0.2, 0.25) is 0 Å². The third-order valence-corrected chi connectivity index (χ3v) is 2.08. The van der Waals surface area contributed by atoms with Crippen molar-refractivity contribution in [1.82, 2.24) is 0 Å². The SMILES string of the molecule is Cl.Fc1cc(F)c2c(c1)NCCC2. The first-order chi connectivity index (χ1) is 5.77. The number of hydrogen-bond donors (Lipinski definition) is 1. The fraction of sp³-hybridized carbons (Fsp3) is 0.333. The van der Waals surface area contributed by atoms with Crippen molar-refractivity contribution in [3.8, 4) is 0 Å². The average Bonchev–Trinajstić information content (AvgIpc) is 2.04. The van der Waals surface area contributed by atoms with Crippen molar-refractivity contribution < 1.29 is 8.78 Å². The standard InChI is InChI=1S/C9H9F2N.ClH/c10-6-4-8(11)7-2-1-3-12-9(7)5-6;/h4-5,12H,1-3H2;1H. The molecule has 1 heterocycles. The van der Waals surface area contributed by atoms with Gasteiger partial charge in [-0.1, -0.05) is 0 Å². The highest BCUT2D eigenvalue weighted by atomic mass is 35.5. The minimum atomic E-state index is -0.513. The molecule has 4 heteroatoms. The quantitative estimate of drug-likeness (QED) is 0.687. The highest BCUT2D eigenvalue weighted by Gasteiger charge is 2.13. The van der Waals surface area contributed by atoms with Crippen molar-refractivity contribution in [3.63, 3.8) is 0 Å². The van der Waals surface area contributed by atoms with Gasteiger partial charge in [-0.3, -0.25) is 0 Å². The van der Waals surface area contributed by atoms with Gasteiger partial charge in [0.25, 0.3) is 0 Å². The van der Waals surface area contributed by atoms with Crippen molar-refractivity contribution >= 4 is 18.1 Å². The molecule has 13 heavy (non-hydrogen) atoms. The van der Waals surface area contributed by atoms with Crippen molar-refractivity contribution in [2.75, 3.05) is 11.9 Å². The van der Waals surface area contributed by atoms with Crippen LogP contribution < -0.4 is 5.32 Å². The van der Waals surface area contributed by atoms with Crippen LogP contribution in [0.15, 0.2) is 12.1 Å². The third kappa shape index (κ3) is 1.91. The Morgan fingerprint density at radius 2 is 2.00 bits per heavy atom. The molecule has 0 saturated heterocycles. The molecule has 0 aromatic heterocycles. The molecule has 0 bridgehead atoms. The molecule has 0 spiro atoms. The van der Waals surface area contributed by atoms with E-state index in [9.17, 15) is 8.78 Å². The zero-order valence-corrected chi connectivity index (χ0v) is 7.76. The smallest absolute Gasteiger partial charge is 0.131 e. The van der Waals surface area contributed by atoms with Crippen LogP contribution in [0.25, 0.3) is 0 Å². The summed E-state index contributed by atoms with van der Waals surface area (Å²) >= 11 is 0. The van der Waals surface area contributed by atoms with Crippen LogP contribution >= 0.6 is 12.4 Å². The maximum Gasteiger partial charge on any atom is 0.131 e. The third-order valence-electron chi connectivity index (χ3n) is 2.08. The van der Waals surface area contributed by atoms with Gasteiger partial charge in [-0.25, -0.2) is 8.78 Å². The van der Waals surface area contributed by atoms with Gasteiger partial charge in [0.05, 0.1) is 0 Å². The minimum absolute atomic E-state index is 0. The van der Waals surface area contributed by atoms with Gasteiger partial charge in [-0.15, -0.1) is 12.4 Å². The van der Waals surface area contributed by atoms with Crippen LogP contribution in [-0.4, -0.2) is 6.54 Å². The molecule has 1 aliphatic rings. The lowest BCUT2D eigenvalue weighted by Crippen LogP contribution is -2.13. The number of halogens is 3. The van der Waals surface area contributed by atoms with E-state index >= 15 is 0 Å². The summed E-state index contributed by atoms with van der Waals surface area (Å²) in [5.74, 6) is -0.946. The minimum Gasteiger partial charge on any atom is -0.385 e. The highest BCUT2D eigenvalue weighted by Crippen LogP contribution is 2.25. The highest BCUT2D eigenvalue weighted by molar-refractivity contribution is 5.85. The molecule has 72 valence electrons. The van der Waals surface area contributed by atoms with Gasteiger partial charge >= 0.3 is 0 Å². The van der Waals surface area contributed by atoms with E-state index in [1.807, 2.05) is 0 Å². The Hall–Kier alpha value is -0.830. The van der Waals surface area contributed by atoms with Crippen molar-refractivity contribution in [3.05, 3.63) is 29.3 Å². The number of hydrogen-bond acceptors (Lipinski definition) is 1. The first-order valence-corrected chi connectivity index (χ1v) is 3.99. The summed E-state index contributed by atoms with van der Waals surface area (Å²) in [6.07, 6.45) is 1.62. The van der Waals surface area contributed by atoms with Gasteiger partial charge in [0.1, 0.15) is 11.6 Å². The van der Waals surface area contributed by atoms with Crippen LogP contribution in [0.4, 0.5) is 14.5 Å². The zero-order chi connectivity index (χ0) is 8.55. The Balaban J connectivity index is 0.000000845. The normalized spacial score (nSPS) is 14.0. The number of rotatable bonds is 0. The molecule has 0 fully saturated rings. The van der Waals surface area contributed by atoms with E-state index in [4.69, 9.17) is 0 Å². The first-order valence-electron chi connectivity index (χ1n) is 3.99. The molecule has 0 saturated carbocycles. The maximum absolute atomic E-state index is 13.1.